The molecule has 3 rings (SSSR count). The molecule has 1 saturated heterocycles. The van der Waals surface area contributed by atoms with Crippen LogP contribution in [0.1, 0.15) is 11.9 Å². The molecular formula is C14H15N3O6S. The van der Waals surface area contributed by atoms with E-state index in [0.717, 1.165) is 6.07 Å². The third kappa shape index (κ3) is 3.25. The lowest BCUT2D eigenvalue weighted by Crippen LogP contribution is -2.39. The van der Waals surface area contributed by atoms with Crippen LogP contribution in [0.15, 0.2) is 45.9 Å². The molecule has 1 aromatic carbocycles. The molecule has 1 aliphatic heterocycles. The predicted octanol–water partition coefficient (Wildman–Crippen LogP) is 1.41. The van der Waals surface area contributed by atoms with Crippen LogP contribution in [0, 0.1) is 10.1 Å². The minimum atomic E-state index is -4.12. The van der Waals surface area contributed by atoms with Gasteiger partial charge in [-0.05, 0) is 18.2 Å². The second kappa shape index (κ2) is 6.23. The topological polar surface area (TPSA) is 129 Å². The summed E-state index contributed by atoms with van der Waals surface area (Å²) in [4.78, 5) is 11.7. The van der Waals surface area contributed by atoms with Gasteiger partial charge in [-0.1, -0.05) is 0 Å². The van der Waals surface area contributed by atoms with Crippen LogP contribution in [-0.2, 0) is 14.8 Å². The van der Waals surface area contributed by atoms with Gasteiger partial charge in [0.1, 0.15) is 16.8 Å². The number of benzene rings is 1. The average Bonchev–Trinajstić information content (AvgIpc) is 3.08. The monoisotopic (exact) mass is 353 g/mol. The van der Waals surface area contributed by atoms with E-state index in [-0.39, 0.29) is 16.7 Å². The Kier molecular flexibility index (Phi) is 4.26. The summed E-state index contributed by atoms with van der Waals surface area (Å²) in [5.74, 6) is 0.624. The summed E-state index contributed by atoms with van der Waals surface area (Å²) in [6, 6.07) is 7.12. The van der Waals surface area contributed by atoms with Gasteiger partial charge in [0.15, 0.2) is 0 Å². The van der Waals surface area contributed by atoms with E-state index in [1.807, 2.05) is 0 Å². The summed E-state index contributed by atoms with van der Waals surface area (Å²) in [7, 11) is -4.12. The molecule has 0 saturated carbocycles. The number of furan rings is 1. The summed E-state index contributed by atoms with van der Waals surface area (Å²) in [6.45, 7) is 1.12. The molecule has 0 spiro atoms. The standard InChI is InChI=1S/C14H15N3O6S/c15-24(20,21)14-8-10(17(18)19)3-4-11(14)16-5-7-23-13(9-16)12-2-1-6-22-12/h1-4,6,8,13H,5,7,9H2,(H2,15,20,21). The Balaban J connectivity index is 1.97. The fourth-order valence-corrected chi connectivity index (χ4v) is 3.39. The quantitative estimate of drug-likeness (QED) is 0.650. The normalized spacial score (nSPS) is 18.5. The van der Waals surface area contributed by atoms with Crippen molar-refractivity contribution in [3.05, 3.63) is 52.5 Å². The van der Waals surface area contributed by atoms with Crippen molar-refractivity contribution in [3.8, 4) is 0 Å². The van der Waals surface area contributed by atoms with Crippen LogP contribution < -0.4 is 10.0 Å². The SMILES string of the molecule is NS(=O)(=O)c1cc([N+](=O)[O-])ccc1N1CCOC(c2ccco2)C1. The lowest BCUT2D eigenvalue weighted by Gasteiger charge is -2.34. The molecule has 1 aliphatic rings. The molecule has 0 amide bonds. The fraction of sp³-hybridized carbons (Fsp3) is 0.286. The van der Waals surface area contributed by atoms with Gasteiger partial charge >= 0.3 is 0 Å². The van der Waals surface area contributed by atoms with Crippen LogP contribution in [-0.4, -0.2) is 33.0 Å². The maximum atomic E-state index is 11.9. The van der Waals surface area contributed by atoms with Gasteiger partial charge in [0, 0.05) is 18.7 Å². The Morgan fingerprint density at radius 2 is 2.12 bits per heavy atom. The zero-order valence-corrected chi connectivity index (χ0v) is 13.3. The number of sulfonamides is 1. The second-order valence-corrected chi connectivity index (χ2v) is 6.80. The number of hydrogen-bond acceptors (Lipinski definition) is 7. The van der Waals surface area contributed by atoms with Crippen molar-refractivity contribution in [2.45, 2.75) is 11.0 Å². The smallest absolute Gasteiger partial charge is 0.270 e. The Morgan fingerprint density at radius 3 is 2.75 bits per heavy atom. The van der Waals surface area contributed by atoms with Crippen molar-refractivity contribution in [2.75, 3.05) is 24.6 Å². The van der Waals surface area contributed by atoms with E-state index in [1.54, 1.807) is 17.0 Å². The van der Waals surface area contributed by atoms with Gasteiger partial charge in [0.05, 0.1) is 30.0 Å². The van der Waals surface area contributed by atoms with Crippen LogP contribution in [0.3, 0.4) is 0 Å². The summed E-state index contributed by atoms with van der Waals surface area (Å²) in [5.41, 5.74) is -0.0263. The first-order valence-corrected chi connectivity index (χ1v) is 8.62. The van der Waals surface area contributed by atoms with Gasteiger partial charge in [-0.15, -0.1) is 0 Å². The predicted molar refractivity (Wildman–Crippen MR) is 84.1 cm³/mol. The Morgan fingerprint density at radius 1 is 1.33 bits per heavy atom. The zero-order chi connectivity index (χ0) is 17.3. The first-order valence-electron chi connectivity index (χ1n) is 7.07. The minimum absolute atomic E-state index is 0.281. The number of primary sulfonamides is 1. The molecule has 9 nitrogen and oxygen atoms in total. The number of nitro benzene ring substituents is 1. The van der Waals surface area contributed by atoms with Crippen molar-refractivity contribution >= 4 is 21.4 Å². The largest absolute Gasteiger partial charge is 0.467 e. The number of nitrogens with two attached hydrogens (primary N) is 1. The number of nitro groups is 1. The van der Waals surface area contributed by atoms with Crippen molar-refractivity contribution in [3.63, 3.8) is 0 Å². The van der Waals surface area contributed by atoms with Crippen molar-refractivity contribution in [1.29, 1.82) is 0 Å². The lowest BCUT2D eigenvalue weighted by atomic mass is 10.2. The number of anilines is 1. The third-order valence-electron chi connectivity index (χ3n) is 3.73. The first kappa shape index (κ1) is 16.4. The molecule has 128 valence electrons. The molecule has 0 radical (unpaired) electrons. The molecule has 0 aliphatic carbocycles. The third-order valence-corrected chi connectivity index (χ3v) is 4.67. The van der Waals surface area contributed by atoms with Crippen LogP contribution >= 0.6 is 0 Å². The van der Waals surface area contributed by atoms with E-state index >= 15 is 0 Å². The van der Waals surface area contributed by atoms with Gasteiger partial charge in [-0.3, -0.25) is 10.1 Å². The summed E-state index contributed by atoms with van der Waals surface area (Å²) < 4.78 is 34.7. The molecule has 10 heteroatoms. The second-order valence-electron chi connectivity index (χ2n) is 5.28. The van der Waals surface area contributed by atoms with E-state index in [4.69, 9.17) is 14.3 Å². The van der Waals surface area contributed by atoms with Crippen LogP contribution in [0.4, 0.5) is 11.4 Å². The molecule has 2 heterocycles. The van der Waals surface area contributed by atoms with Gasteiger partial charge in [-0.2, -0.15) is 0 Å². The van der Waals surface area contributed by atoms with Gasteiger partial charge < -0.3 is 14.1 Å². The number of nitrogens with zero attached hydrogens (tertiary/aromatic N) is 2. The highest BCUT2D eigenvalue weighted by molar-refractivity contribution is 7.89. The summed E-state index contributed by atoms with van der Waals surface area (Å²) >= 11 is 0. The Labute approximate surface area is 137 Å². The first-order chi connectivity index (χ1) is 11.4. The highest BCUT2D eigenvalue weighted by atomic mass is 32.2. The molecular weight excluding hydrogens is 338 g/mol. The molecule has 24 heavy (non-hydrogen) atoms. The maximum absolute atomic E-state index is 11.9. The number of morpholine rings is 1. The van der Waals surface area contributed by atoms with Crippen LogP contribution in [0.5, 0.6) is 0 Å². The molecule has 1 aromatic heterocycles. The molecule has 1 fully saturated rings. The van der Waals surface area contributed by atoms with Crippen molar-refractivity contribution in [1.82, 2.24) is 0 Å². The molecule has 2 aromatic rings. The van der Waals surface area contributed by atoms with Gasteiger partial charge in [-0.25, -0.2) is 13.6 Å². The maximum Gasteiger partial charge on any atom is 0.270 e. The van der Waals surface area contributed by atoms with E-state index in [2.05, 4.69) is 0 Å². The molecule has 1 unspecified atom stereocenters. The highest BCUT2D eigenvalue weighted by Crippen LogP contribution is 2.32. The van der Waals surface area contributed by atoms with Crippen molar-refractivity contribution < 1.29 is 22.5 Å². The number of ether oxygens (including phenoxy) is 1. The molecule has 0 bridgehead atoms. The van der Waals surface area contributed by atoms with Gasteiger partial charge in [0.25, 0.3) is 5.69 Å². The average molecular weight is 353 g/mol. The number of rotatable bonds is 4. The van der Waals surface area contributed by atoms with E-state index < -0.39 is 14.9 Å². The van der Waals surface area contributed by atoms with Gasteiger partial charge in [0.2, 0.25) is 10.0 Å². The van der Waals surface area contributed by atoms with E-state index in [9.17, 15) is 18.5 Å². The summed E-state index contributed by atoms with van der Waals surface area (Å²) in [6.07, 6.45) is 1.16. The Bertz CT molecular complexity index is 849. The van der Waals surface area contributed by atoms with E-state index in [1.165, 1.54) is 18.4 Å². The highest BCUT2D eigenvalue weighted by Gasteiger charge is 2.28. The molecule has 1 atom stereocenters. The number of non-ortho nitro benzene ring substituents is 1. The fourth-order valence-electron chi connectivity index (χ4n) is 2.62. The lowest BCUT2D eigenvalue weighted by molar-refractivity contribution is -0.385. The zero-order valence-electron chi connectivity index (χ0n) is 12.5. The Hall–Kier alpha value is -2.43. The van der Waals surface area contributed by atoms with Crippen molar-refractivity contribution in [2.24, 2.45) is 5.14 Å². The van der Waals surface area contributed by atoms with Crippen LogP contribution in [0.25, 0.3) is 0 Å². The molecule has 2 N–H and O–H groups in total. The van der Waals surface area contributed by atoms with E-state index in [0.29, 0.717) is 31.1 Å². The number of hydrogen-bond donors (Lipinski definition) is 1. The summed E-state index contributed by atoms with van der Waals surface area (Å²) in [5, 5.41) is 16.1. The minimum Gasteiger partial charge on any atom is -0.467 e. The van der Waals surface area contributed by atoms with Crippen LogP contribution in [0.2, 0.25) is 0 Å².